The number of thiophene rings is 1. The number of piperidine rings is 1. The van der Waals surface area contributed by atoms with Gasteiger partial charge >= 0.3 is 0 Å². The van der Waals surface area contributed by atoms with Crippen LogP contribution in [0.4, 0.5) is 0 Å². The minimum atomic E-state index is -3.24. The molecule has 0 saturated carbocycles. The summed E-state index contributed by atoms with van der Waals surface area (Å²) in [6.45, 7) is 2.77. The predicted octanol–water partition coefficient (Wildman–Crippen LogP) is 1.49. The number of carbonyl (C=O) groups excluding carboxylic acids is 1. The highest BCUT2D eigenvalue weighted by molar-refractivity contribution is 7.88. The quantitative estimate of drug-likeness (QED) is 0.735. The highest BCUT2D eigenvalue weighted by Crippen LogP contribution is 2.47. The van der Waals surface area contributed by atoms with Crippen LogP contribution in [-0.2, 0) is 20.4 Å². The minimum Gasteiger partial charge on any atom is -0.369 e. The first kappa shape index (κ1) is 21.8. The number of sulfonamides is 1. The van der Waals surface area contributed by atoms with Gasteiger partial charge in [-0.1, -0.05) is 0 Å². The minimum absolute atomic E-state index is 0.000378. The fourth-order valence-electron chi connectivity index (χ4n) is 4.56. The lowest BCUT2D eigenvalue weighted by atomic mass is 9.71. The fraction of sp³-hybridized carbons (Fsp3) is 0.500. The molecule has 1 fully saturated rings. The second-order valence-electron chi connectivity index (χ2n) is 8.32. The van der Waals surface area contributed by atoms with Crippen LogP contribution in [0.15, 0.2) is 35.2 Å². The van der Waals surface area contributed by atoms with Crippen LogP contribution in [0, 0.1) is 11.8 Å². The summed E-state index contributed by atoms with van der Waals surface area (Å²) in [6.07, 6.45) is 7.41. The van der Waals surface area contributed by atoms with E-state index in [4.69, 9.17) is 10.7 Å². The average molecular weight is 463 g/mol. The van der Waals surface area contributed by atoms with E-state index in [0.717, 1.165) is 16.0 Å². The van der Waals surface area contributed by atoms with Gasteiger partial charge in [0.05, 0.1) is 12.2 Å². The maximum Gasteiger partial charge on any atom is 0.235 e. The Bertz CT molecular complexity index is 1110. The maximum absolute atomic E-state index is 13.4. The van der Waals surface area contributed by atoms with Gasteiger partial charge in [-0.15, -0.1) is 11.3 Å². The zero-order valence-electron chi connectivity index (χ0n) is 17.7. The van der Waals surface area contributed by atoms with Crippen LogP contribution in [-0.4, -0.2) is 65.9 Å². The topological polar surface area (TPSA) is 122 Å². The molecule has 11 heteroatoms. The van der Waals surface area contributed by atoms with E-state index >= 15 is 0 Å². The zero-order chi connectivity index (χ0) is 22.4. The van der Waals surface area contributed by atoms with Crippen molar-refractivity contribution in [3.05, 3.63) is 35.0 Å². The van der Waals surface area contributed by atoms with E-state index in [9.17, 15) is 13.2 Å². The lowest BCUT2D eigenvalue weighted by molar-refractivity contribution is -0.137. The molecule has 2 aliphatic rings. The molecule has 2 aromatic heterocycles. The van der Waals surface area contributed by atoms with Crippen LogP contribution in [0.1, 0.15) is 24.6 Å². The van der Waals surface area contributed by atoms with E-state index in [1.54, 1.807) is 19.4 Å². The highest BCUT2D eigenvalue weighted by atomic mass is 32.2. The largest absolute Gasteiger partial charge is 0.369 e. The van der Waals surface area contributed by atoms with Crippen molar-refractivity contribution in [3.8, 4) is 11.1 Å². The molecule has 4 heterocycles. The Balaban J connectivity index is 1.70. The normalized spacial score (nSPS) is 26.2. The third-order valence-electron chi connectivity index (χ3n) is 6.32. The molecule has 0 aromatic carbocycles. The molecule has 2 atom stereocenters. The summed E-state index contributed by atoms with van der Waals surface area (Å²) < 4.78 is 25.3. The Morgan fingerprint density at radius 1 is 1.19 bits per heavy atom. The Labute approximate surface area is 186 Å². The molecule has 0 bridgehead atoms. The lowest BCUT2D eigenvalue weighted by Crippen LogP contribution is -2.57. The number of hydrogen-bond donors (Lipinski definition) is 1. The number of carbonyl (C=O) groups is 1. The fourth-order valence-corrected chi connectivity index (χ4v) is 6.49. The first-order valence-electron chi connectivity index (χ1n) is 10.0. The van der Waals surface area contributed by atoms with Crippen molar-refractivity contribution in [1.82, 2.24) is 19.2 Å². The lowest BCUT2D eigenvalue weighted by Gasteiger charge is -2.45. The smallest absolute Gasteiger partial charge is 0.235 e. The number of amides is 1. The van der Waals surface area contributed by atoms with Gasteiger partial charge < -0.3 is 5.73 Å². The molecule has 0 aliphatic carbocycles. The van der Waals surface area contributed by atoms with Gasteiger partial charge in [-0.3, -0.25) is 9.69 Å². The van der Waals surface area contributed by atoms with Gasteiger partial charge in [0.1, 0.15) is 11.9 Å². The summed E-state index contributed by atoms with van der Waals surface area (Å²) in [7, 11) is -1.60. The highest BCUT2D eigenvalue weighted by Gasteiger charge is 2.51. The second-order valence-corrected chi connectivity index (χ2v) is 11.2. The standard InChI is InChI=1S/C20H26N6O3S2/c1-20(16-8-14(11-30-16)15-9-22-12-23-10-15)17(18(27)25(2)19(21)24-20)13-4-6-26(7-5-13)31(3,28)29/h8-13,17H,4-7H2,1-3H3,(H2,21,24)/t17-,20+/m0/s1. The Morgan fingerprint density at radius 2 is 1.84 bits per heavy atom. The van der Waals surface area contributed by atoms with Crippen LogP contribution in [0.5, 0.6) is 0 Å². The van der Waals surface area contributed by atoms with E-state index in [1.807, 2.05) is 18.4 Å². The SMILES string of the molecule is CN1C(=O)[C@H](C2CCN(S(C)(=O)=O)CC2)[C@@](C)(c2cc(-c3cncnc3)cs2)N=C1N. The van der Waals surface area contributed by atoms with Crippen molar-refractivity contribution >= 4 is 33.2 Å². The van der Waals surface area contributed by atoms with Crippen LogP contribution < -0.4 is 5.73 Å². The first-order chi connectivity index (χ1) is 14.6. The Morgan fingerprint density at radius 3 is 2.45 bits per heavy atom. The van der Waals surface area contributed by atoms with E-state index in [-0.39, 0.29) is 17.8 Å². The van der Waals surface area contributed by atoms with E-state index in [0.29, 0.717) is 25.9 Å². The number of hydrogen-bond acceptors (Lipinski definition) is 8. The van der Waals surface area contributed by atoms with Gasteiger partial charge in [0.25, 0.3) is 0 Å². The van der Waals surface area contributed by atoms with Crippen molar-refractivity contribution in [3.63, 3.8) is 0 Å². The number of aromatic nitrogens is 2. The van der Waals surface area contributed by atoms with E-state index in [2.05, 4.69) is 9.97 Å². The Hall–Kier alpha value is -2.37. The van der Waals surface area contributed by atoms with E-state index < -0.39 is 21.5 Å². The summed E-state index contributed by atoms with van der Waals surface area (Å²) >= 11 is 1.53. The predicted molar refractivity (Wildman–Crippen MR) is 120 cm³/mol. The molecule has 4 rings (SSSR count). The summed E-state index contributed by atoms with van der Waals surface area (Å²) in [5.74, 6) is -0.313. The third-order valence-corrected chi connectivity index (χ3v) is 8.78. The number of aliphatic imine (C=N–C) groups is 1. The molecule has 2 N–H and O–H groups in total. The van der Waals surface area contributed by atoms with Crippen LogP contribution in [0.3, 0.4) is 0 Å². The zero-order valence-corrected chi connectivity index (χ0v) is 19.4. The van der Waals surface area contributed by atoms with Gasteiger partial charge in [0, 0.05) is 43.0 Å². The summed E-state index contributed by atoms with van der Waals surface area (Å²) in [6, 6.07) is 2.03. The van der Waals surface area contributed by atoms with Crippen molar-refractivity contribution in [2.24, 2.45) is 22.6 Å². The van der Waals surface area contributed by atoms with Crippen molar-refractivity contribution in [2.45, 2.75) is 25.3 Å². The van der Waals surface area contributed by atoms with Gasteiger partial charge in [-0.2, -0.15) is 0 Å². The Kier molecular flexibility index (Phi) is 5.61. The molecule has 2 aliphatic heterocycles. The number of guanidine groups is 1. The summed E-state index contributed by atoms with van der Waals surface area (Å²) in [5, 5.41) is 2.01. The molecule has 1 saturated heterocycles. The first-order valence-corrected chi connectivity index (χ1v) is 12.8. The van der Waals surface area contributed by atoms with Gasteiger partial charge in [0.2, 0.25) is 15.9 Å². The number of nitrogens with zero attached hydrogens (tertiary/aromatic N) is 5. The summed E-state index contributed by atoms with van der Waals surface area (Å²) in [5.41, 5.74) is 7.15. The molecule has 9 nitrogen and oxygen atoms in total. The maximum atomic E-state index is 13.4. The molecule has 2 aromatic rings. The molecule has 1 amide bonds. The third kappa shape index (κ3) is 3.97. The molecule has 31 heavy (non-hydrogen) atoms. The average Bonchev–Trinajstić information content (AvgIpc) is 3.24. The second kappa shape index (κ2) is 7.95. The van der Waals surface area contributed by atoms with Crippen molar-refractivity contribution < 1.29 is 13.2 Å². The molecular formula is C20H26N6O3S2. The van der Waals surface area contributed by atoms with Crippen molar-refractivity contribution in [1.29, 1.82) is 0 Å². The van der Waals surface area contributed by atoms with Gasteiger partial charge in [0.15, 0.2) is 5.96 Å². The van der Waals surface area contributed by atoms with Gasteiger partial charge in [-0.05, 0) is 42.7 Å². The van der Waals surface area contributed by atoms with Crippen LogP contribution in [0.2, 0.25) is 0 Å². The number of nitrogens with two attached hydrogens (primary N) is 1. The van der Waals surface area contributed by atoms with Crippen LogP contribution in [0.25, 0.3) is 11.1 Å². The van der Waals surface area contributed by atoms with Crippen molar-refractivity contribution in [2.75, 3.05) is 26.4 Å². The molecule has 0 unspecified atom stereocenters. The number of rotatable bonds is 4. The molecule has 166 valence electrons. The van der Waals surface area contributed by atoms with Gasteiger partial charge in [-0.25, -0.2) is 27.7 Å². The molecular weight excluding hydrogens is 436 g/mol. The summed E-state index contributed by atoms with van der Waals surface area (Å²) in [4.78, 5) is 28.7. The monoisotopic (exact) mass is 462 g/mol. The molecule has 0 radical (unpaired) electrons. The molecule has 0 spiro atoms. The van der Waals surface area contributed by atoms with E-state index in [1.165, 1.54) is 33.1 Å². The van der Waals surface area contributed by atoms with Crippen LogP contribution >= 0.6 is 11.3 Å².